The van der Waals surface area contributed by atoms with E-state index >= 15 is 0 Å². The largest absolute Gasteiger partial charge is 0.461 e. The summed E-state index contributed by atoms with van der Waals surface area (Å²) in [6.07, 6.45) is 3.07. The predicted octanol–water partition coefficient (Wildman–Crippen LogP) is 1.25. The molecule has 0 aliphatic carbocycles. The molecule has 0 radical (unpaired) electrons. The number of nitrogens with zero attached hydrogens (tertiary/aromatic N) is 5. The molecule has 3 aromatic rings. The minimum Gasteiger partial charge on any atom is -0.461 e. The molecular weight excluding hydrogens is 332 g/mol. The van der Waals surface area contributed by atoms with Gasteiger partial charge in [-0.3, -0.25) is 4.79 Å². The first-order chi connectivity index (χ1) is 11.6. The Morgan fingerprint density at radius 2 is 2.25 bits per heavy atom. The molecule has 0 fully saturated rings. The highest BCUT2D eigenvalue weighted by molar-refractivity contribution is 7.13. The van der Waals surface area contributed by atoms with Gasteiger partial charge in [0.15, 0.2) is 5.65 Å². The third-order valence-corrected chi connectivity index (χ3v) is 4.24. The number of carbonyl (C=O) groups excluding carboxylic acids is 2. The molecule has 0 aliphatic heterocycles. The summed E-state index contributed by atoms with van der Waals surface area (Å²) in [4.78, 5) is 28.0. The number of hydrogen-bond acceptors (Lipinski definition) is 8. The Morgan fingerprint density at radius 1 is 1.42 bits per heavy atom. The second-order valence-electron chi connectivity index (χ2n) is 4.84. The molecule has 9 nitrogen and oxygen atoms in total. The third kappa shape index (κ3) is 3.23. The molecule has 0 saturated carbocycles. The smallest absolute Gasteiger partial charge is 0.369 e. The maximum Gasteiger partial charge on any atom is 0.369 e. The number of nitrogens with one attached hydrogen (secondary N) is 1. The van der Waals surface area contributed by atoms with E-state index in [1.807, 2.05) is 0 Å². The van der Waals surface area contributed by atoms with Gasteiger partial charge < -0.3 is 10.1 Å². The topological polar surface area (TPSA) is 111 Å². The van der Waals surface area contributed by atoms with Gasteiger partial charge in [-0.1, -0.05) is 11.3 Å². The quantitative estimate of drug-likeness (QED) is 0.692. The number of amides is 1. The van der Waals surface area contributed by atoms with Crippen molar-refractivity contribution in [3.05, 3.63) is 40.2 Å². The number of esters is 1. The fourth-order valence-corrected chi connectivity index (χ4v) is 2.72. The van der Waals surface area contributed by atoms with Gasteiger partial charge in [0.25, 0.3) is 5.91 Å². The van der Waals surface area contributed by atoms with E-state index in [0.717, 1.165) is 11.3 Å². The summed E-state index contributed by atoms with van der Waals surface area (Å²) in [5.41, 5.74) is 1.04. The minimum atomic E-state index is -0.517. The lowest BCUT2D eigenvalue weighted by molar-refractivity contribution is 0.0524. The molecule has 1 atom stereocenters. The average Bonchev–Trinajstić information content (AvgIpc) is 3.23. The predicted molar refractivity (Wildman–Crippen MR) is 84.7 cm³/mol. The van der Waals surface area contributed by atoms with Crippen LogP contribution in [0.3, 0.4) is 0 Å². The van der Waals surface area contributed by atoms with Crippen molar-refractivity contribution in [3.8, 4) is 0 Å². The van der Waals surface area contributed by atoms with Gasteiger partial charge in [-0.25, -0.2) is 14.3 Å². The Bertz CT molecular complexity index is 889. The van der Waals surface area contributed by atoms with Crippen LogP contribution in [0.15, 0.2) is 24.7 Å². The van der Waals surface area contributed by atoms with Crippen molar-refractivity contribution >= 4 is 28.9 Å². The zero-order valence-corrected chi connectivity index (χ0v) is 13.8. The van der Waals surface area contributed by atoms with Gasteiger partial charge in [0.05, 0.1) is 12.6 Å². The molecule has 1 N–H and O–H groups in total. The molecule has 3 aromatic heterocycles. The van der Waals surface area contributed by atoms with Crippen molar-refractivity contribution in [1.82, 2.24) is 30.1 Å². The number of rotatable bonds is 5. The molecule has 1 amide bonds. The lowest BCUT2D eigenvalue weighted by Crippen LogP contribution is -2.26. The Balaban J connectivity index is 1.70. The standard InChI is InChI=1S/C14H14N6O3S/c1-3-23-14(22)13-19-18-12(24-13)8(2)17-11(21)9-4-5-20-10(6-9)15-7-16-20/h4-8H,3H2,1-2H3,(H,17,21). The molecule has 0 aromatic carbocycles. The molecule has 0 spiro atoms. The van der Waals surface area contributed by atoms with E-state index in [1.54, 1.807) is 36.7 Å². The van der Waals surface area contributed by atoms with Crippen LogP contribution in [-0.4, -0.2) is 43.3 Å². The van der Waals surface area contributed by atoms with E-state index in [-0.39, 0.29) is 17.5 Å². The summed E-state index contributed by atoms with van der Waals surface area (Å²) < 4.78 is 6.44. The zero-order valence-electron chi connectivity index (χ0n) is 13.0. The van der Waals surface area contributed by atoms with Crippen LogP contribution in [0.2, 0.25) is 0 Å². The maximum absolute atomic E-state index is 12.3. The number of aromatic nitrogens is 5. The first-order valence-electron chi connectivity index (χ1n) is 7.19. The first kappa shape index (κ1) is 16.0. The van der Waals surface area contributed by atoms with E-state index in [2.05, 4.69) is 25.6 Å². The molecule has 10 heteroatoms. The Labute approximate surface area is 140 Å². The summed E-state index contributed by atoms with van der Waals surface area (Å²) >= 11 is 1.09. The maximum atomic E-state index is 12.3. The van der Waals surface area contributed by atoms with E-state index in [0.29, 0.717) is 16.2 Å². The molecule has 3 rings (SSSR count). The minimum absolute atomic E-state index is 0.165. The van der Waals surface area contributed by atoms with E-state index in [9.17, 15) is 9.59 Å². The lowest BCUT2D eigenvalue weighted by Gasteiger charge is -2.10. The Kier molecular flexibility index (Phi) is 4.47. The number of carbonyl (C=O) groups is 2. The normalized spacial score (nSPS) is 12.1. The highest BCUT2D eigenvalue weighted by Crippen LogP contribution is 2.19. The molecule has 0 saturated heterocycles. The monoisotopic (exact) mass is 346 g/mol. The fraction of sp³-hybridized carbons (Fsp3) is 0.286. The van der Waals surface area contributed by atoms with Crippen LogP contribution in [-0.2, 0) is 4.74 Å². The van der Waals surface area contributed by atoms with Crippen molar-refractivity contribution in [3.63, 3.8) is 0 Å². The van der Waals surface area contributed by atoms with Crippen LogP contribution in [0.25, 0.3) is 5.65 Å². The molecule has 0 bridgehead atoms. The fourth-order valence-electron chi connectivity index (χ4n) is 1.98. The van der Waals surface area contributed by atoms with Crippen LogP contribution < -0.4 is 5.32 Å². The highest BCUT2D eigenvalue weighted by atomic mass is 32.1. The summed E-state index contributed by atoms with van der Waals surface area (Å²) in [7, 11) is 0. The van der Waals surface area contributed by atoms with Gasteiger partial charge >= 0.3 is 5.97 Å². The molecular formula is C14H14N6O3S. The average molecular weight is 346 g/mol. The molecule has 3 heterocycles. The zero-order chi connectivity index (χ0) is 17.1. The first-order valence-corrected chi connectivity index (χ1v) is 8.01. The lowest BCUT2D eigenvalue weighted by atomic mass is 10.2. The molecule has 0 aliphatic rings. The van der Waals surface area contributed by atoms with Crippen LogP contribution in [0.4, 0.5) is 0 Å². The number of hydrogen-bond donors (Lipinski definition) is 1. The van der Waals surface area contributed by atoms with Crippen LogP contribution in [0, 0.1) is 0 Å². The third-order valence-electron chi connectivity index (χ3n) is 3.15. The Morgan fingerprint density at radius 3 is 3.04 bits per heavy atom. The van der Waals surface area contributed by atoms with Crippen molar-refractivity contribution in [2.24, 2.45) is 0 Å². The van der Waals surface area contributed by atoms with E-state index < -0.39 is 12.0 Å². The van der Waals surface area contributed by atoms with Crippen molar-refractivity contribution in [2.75, 3.05) is 6.61 Å². The van der Waals surface area contributed by atoms with Crippen LogP contribution >= 0.6 is 11.3 Å². The summed E-state index contributed by atoms with van der Waals surface area (Å²) in [5, 5.41) is 15.2. The second kappa shape index (κ2) is 6.71. The molecule has 1 unspecified atom stereocenters. The van der Waals surface area contributed by atoms with E-state index in [4.69, 9.17) is 4.74 Å². The van der Waals surface area contributed by atoms with Gasteiger partial charge in [0, 0.05) is 11.8 Å². The summed E-state index contributed by atoms with van der Waals surface area (Å²) in [5.74, 6) is -0.794. The van der Waals surface area contributed by atoms with Gasteiger partial charge in [-0.2, -0.15) is 5.10 Å². The number of ether oxygens (including phenoxy) is 1. The summed E-state index contributed by atoms with van der Waals surface area (Å²) in [6, 6.07) is 2.89. The highest BCUT2D eigenvalue weighted by Gasteiger charge is 2.19. The van der Waals surface area contributed by atoms with Gasteiger partial charge in [-0.15, -0.1) is 10.2 Å². The van der Waals surface area contributed by atoms with Crippen LogP contribution in [0.5, 0.6) is 0 Å². The van der Waals surface area contributed by atoms with Gasteiger partial charge in [-0.05, 0) is 26.0 Å². The van der Waals surface area contributed by atoms with Crippen molar-refractivity contribution < 1.29 is 14.3 Å². The van der Waals surface area contributed by atoms with Crippen LogP contribution in [0.1, 0.15) is 45.1 Å². The summed E-state index contributed by atoms with van der Waals surface area (Å²) in [6.45, 7) is 3.75. The van der Waals surface area contributed by atoms with E-state index in [1.165, 1.54) is 6.33 Å². The molecule has 124 valence electrons. The second-order valence-corrected chi connectivity index (χ2v) is 5.85. The van der Waals surface area contributed by atoms with Gasteiger partial charge in [0.2, 0.25) is 5.01 Å². The van der Waals surface area contributed by atoms with Crippen molar-refractivity contribution in [1.29, 1.82) is 0 Å². The molecule has 24 heavy (non-hydrogen) atoms. The van der Waals surface area contributed by atoms with Crippen molar-refractivity contribution in [2.45, 2.75) is 19.9 Å². The SMILES string of the molecule is CCOC(=O)c1nnc(C(C)NC(=O)c2ccn3ncnc3c2)s1. The Hall–Kier alpha value is -2.88. The number of fused-ring (bicyclic) bond motifs is 1. The van der Waals surface area contributed by atoms with Gasteiger partial charge in [0.1, 0.15) is 11.3 Å². The number of pyridine rings is 1.